The second-order valence-electron chi connectivity index (χ2n) is 16.8. The van der Waals surface area contributed by atoms with Gasteiger partial charge in [0.05, 0.1) is 42.6 Å². The number of sulfonamides is 1. The SMILES string of the molecule is CC[C@@H]1C[C@H](C)CC/C=C\[C@@H]2C[C@@]2(C(=O)NS(=O)(=O)C2CC2)NC(=O)[C@@H]2C[C@@H](Oc3nc(-c4ccc(OC(C)C)cn4)cc4cc(OC)ccc34)CN2C(=O)[C@H]1NC(=O)O. The number of fused-ring (bicyclic) bond motifs is 3. The fourth-order valence-electron chi connectivity index (χ4n) is 8.43. The number of carbonyl (C=O) groups excluding carboxylic acids is 3. The Balaban J connectivity index is 1.25. The van der Waals surface area contributed by atoms with Gasteiger partial charge in [0.2, 0.25) is 27.7 Å². The number of nitrogens with one attached hydrogen (secondary N) is 3. The van der Waals surface area contributed by atoms with Gasteiger partial charge in [-0.1, -0.05) is 32.4 Å². The second-order valence-corrected chi connectivity index (χ2v) is 18.8. The maximum atomic E-state index is 14.8. The molecule has 4 N–H and O–H groups in total. The topological polar surface area (TPSA) is 215 Å². The lowest BCUT2D eigenvalue weighted by molar-refractivity contribution is -0.142. The quantitative estimate of drug-likeness (QED) is 0.189. The van der Waals surface area contributed by atoms with E-state index in [2.05, 4.69) is 20.3 Å². The van der Waals surface area contributed by atoms with Gasteiger partial charge in [-0.05, 0) is 106 Å². The Bertz CT molecular complexity index is 2270. The van der Waals surface area contributed by atoms with E-state index in [4.69, 9.17) is 19.2 Å². The van der Waals surface area contributed by atoms with Crippen LogP contribution in [0.25, 0.3) is 22.2 Å². The molecule has 7 atom stereocenters. The normalized spacial score (nSPS) is 27.7. The van der Waals surface area contributed by atoms with Crippen molar-refractivity contribution < 1.29 is 46.9 Å². The van der Waals surface area contributed by atoms with E-state index in [1.807, 2.05) is 52.0 Å². The van der Waals surface area contributed by atoms with Crippen molar-refractivity contribution in [3.05, 3.63) is 54.7 Å². The number of hydrogen-bond acceptors (Lipinski definition) is 11. The van der Waals surface area contributed by atoms with Crippen LogP contribution in [0.2, 0.25) is 0 Å². The number of aromatic nitrogens is 2. The predicted octanol–water partition coefficient (Wildman–Crippen LogP) is 4.96. The third kappa shape index (κ3) is 9.30. The average molecular weight is 847 g/mol. The monoisotopic (exact) mass is 846 g/mol. The minimum atomic E-state index is -3.94. The van der Waals surface area contributed by atoms with Crippen LogP contribution in [-0.4, -0.2) is 101 Å². The van der Waals surface area contributed by atoms with Gasteiger partial charge in [-0.15, -0.1) is 0 Å². The highest BCUT2D eigenvalue weighted by Gasteiger charge is 2.62. The summed E-state index contributed by atoms with van der Waals surface area (Å²) >= 11 is 0. The van der Waals surface area contributed by atoms with E-state index in [-0.39, 0.29) is 43.2 Å². The van der Waals surface area contributed by atoms with Crippen LogP contribution >= 0.6 is 0 Å². The van der Waals surface area contributed by atoms with Gasteiger partial charge in [-0.25, -0.2) is 18.2 Å². The van der Waals surface area contributed by atoms with E-state index in [0.29, 0.717) is 60.4 Å². The van der Waals surface area contributed by atoms with Gasteiger partial charge >= 0.3 is 6.09 Å². The first-order chi connectivity index (χ1) is 28.6. The molecule has 2 aromatic heterocycles. The Morgan fingerprint density at radius 2 is 1.83 bits per heavy atom. The largest absolute Gasteiger partial charge is 0.497 e. The highest BCUT2D eigenvalue weighted by atomic mass is 32.2. The van der Waals surface area contributed by atoms with Crippen molar-refractivity contribution in [3.8, 4) is 28.8 Å². The lowest BCUT2D eigenvalue weighted by Gasteiger charge is -2.33. The molecule has 17 heteroatoms. The fourth-order valence-corrected chi connectivity index (χ4v) is 9.80. The third-order valence-electron chi connectivity index (χ3n) is 11.9. The third-order valence-corrected chi connectivity index (χ3v) is 13.7. The summed E-state index contributed by atoms with van der Waals surface area (Å²) in [7, 11) is -2.37. The molecule has 0 spiro atoms. The molecular formula is C43H54N6O10S. The summed E-state index contributed by atoms with van der Waals surface area (Å²) in [5, 5.41) is 16.0. The summed E-state index contributed by atoms with van der Waals surface area (Å²) in [6, 6.07) is 8.46. The van der Waals surface area contributed by atoms with Gasteiger partial charge in [0.1, 0.15) is 35.2 Å². The van der Waals surface area contributed by atoms with Gasteiger partial charge in [0, 0.05) is 17.7 Å². The maximum absolute atomic E-state index is 14.8. The molecule has 2 saturated carbocycles. The summed E-state index contributed by atoms with van der Waals surface area (Å²) in [4.78, 5) is 66.2. The van der Waals surface area contributed by atoms with Crippen LogP contribution in [0, 0.1) is 17.8 Å². The highest BCUT2D eigenvalue weighted by molar-refractivity contribution is 7.91. The van der Waals surface area contributed by atoms with E-state index >= 15 is 0 Å². The average Bonchev–Trinajstić information content (AvgIpc) is 4.14. The van der Waals surface area contributed by atoms with Crippen LogP contribution in [-0.2, 0) is 24.4 Å². The first-order valence-electron chi connectivity index (χ1n) is 20.7. The lowest BCUT2D eigenvalue weighted by atomic mass is 9.85. The summed E-state index contributed by atoms with van der Waals surface area (Å²) in [5.41, 5.74) is -0.541. The number of benzene rings is 1. The molecule has 2 aliphatic heterocycles. The second kappa shape index (κ2) is 17.3. The number of pyridine rings is 2. The Hall–Kier alpha value is -5.45. The summed E-state index contributed by atoms with van der Waals surface area (Å²) in [6.45, 7) is 7.68. The number of hydrogen-bond donors (Lipinski definition) is 4. The zero-order chi connectivity index (χ0) is 42.9. The Kier molecular flexibility index (Phi) is 12.3. The van der Waals surface area contributed by atoms with Crippen molar-refractivity contribution in [1.29, 1.82) is 0 Å². The van der Waals surface area contributed by atoms with Crippen LogP contribution in [0.1, 0.15) is 79.1 Å². The molecular weight excluding hydrogens is 793 g/mol. The summed E-state index contributed by atoms with van der Waals surface area (Å²) in [6.07, 6.45) is 6.62. The Morgan fingerprint density at radius 1 is 1.07 bits per heavy atom. The van der Waals surface area contributed by atoms with Crippen molar-refractivity contribution in [1.82, 2.24) is 30.2 Å². The summed E-state index contributed by atoms with van der Waals surface area (Å²) < 4.78 is 46.0. The molecule has 7 rings (SSSR count). The number of nitrogens with zero attached hydrogens (tertiary/aromatic N) is 3. The van der Waals surface area contributed by atoms with Gasteiger partial charge in [0.25, 0.3) is 5.91 Å². The van der Waals surface area contributed by atoms with Crippen molar-refractivity contribution in [2.45, 2.75) is 114 Å². The van der Waals surface area contributed by atoms with E-state index in [1.165, 1.54) is 4.90 Å². The molecule has 4 aliphatic rings. The lowest BCUT2D eigenvalue weighted by Crippen LogP contribution is -2.59. The molecule has 3 fully saturated rings. The number of carboxylic acid groups (broad SMARTS) is 1. The van der Waals surface area contributed by atoms with E-state index in [0.717, 1.165) is 11.8 Å². The minimum Gasteiger partial charge on any atom is -0.497 e. The molecule has 4 heterocycles. The molecule has 3 aromatic rings. The smallest absolute Gasteiger partial charge is 0.405 e. The van der Waals surface area contributed by atoms with Crippen molar-refractivity contribution in [2.24, 2.45) is 17.8 Å². The zero-order valence-corrected chi connectivity index (χ0v) is 35.4. The Labute approximate surface area is 349 Å². The fraction of sp³-hybridized carbons (Fsp3) is 0.535. The first kappa shape index (κ1) is 42.7. The number of rotatable bonds is 11. The molecule has 322 valence electrons. The van der Waals surface area contributed by atoms with Crippen LogP contribution in [0.5, 0.6) is 17.4 Å². The van der Waals surface area contributed by atoms with Crippen LogP contribution in [0.3, 0.4) is 0 Å². The van der Waals surface area contributed by atoms with E-state index < -0.39 is 68.7 Å². The molecule has 0 unspecified atom stereocenters. The minimum absolute atomic E-state index is 0.0355. The number of amides is 4. The van der Waals surface area contributed by atoms with Crippen LogP contribution in [0.4, 0.5) is 4.79 Å². The first-order valence-corrected chi connectivity index (χ1v) is 22.3. The predicted molar refractivity (Wildman–Crippen MR) is 222 cm³/mol. The van der Waals surface area contributed by atoms with Gasteiger partial charge in [0.15, 0.2) is 0 Å². The molecule has 0 radical (unpaired) electrons. The molecule has 2 aliphatic carbocycles. The van der Waals surface area contributed by atoms with Gasteiger partial charge < -0.3 is 34.9 Å². The number of methoxy groups -OCH3 is 1. The van der Waals surface area contributed by atoms with Crippen LogP contribution in [0.15, 0.2) is 54.7 Å². The van der Waals surface area contributed by atoms with Crippen molar-refractivity contribution in [2.75, 3.05) is 13.7 Å². The van der Waals surface area contributed by atoms with Crippen molar-refractivity contribution >= 4 is 44.6 Å². The van der Waals surface area contributed by atoms with Gasteiger partial charge in [-0.2, -0.15) is 0 Å². The standard InChI is InChI=1S/C43H54N6O10S/c1-6-26-17-25(4)9-7-8-10-28-21-43(28,41(52)48-60(55,56)32-13-14-32)47-38(50)36-20-31(23-49(36)40(51)37(26)46-42(53)54)59-39-33-15-11-29(57-5)18-27(33)19-35(45-39)34-16-12-30(22-44-34)58-24(2)3/h8,10-12,15-16,18-19,22,24-26,28,31-32,36-37,46H,6-7,9,13-14,17,20-21,23H2,1-5H3,(H,47,50)(H,48,52)(H,53,54)/b10-8-/t25-,26-,28-,31-,36+,37+,43-/m1/s1. The zero-order valence-electron chi connectivity index (χ0n) is 34.6. The molecule has 16 nitrogen and oxygen atoms in total. The highest BCUT2D eigenvalue weighted by Crippen LogP contribution is 2.46. The number of allylic oxidation sites excluding steroid dienone is 1. The van der Waals surface area contributed by atoms with E-state index in [9.17, 15) is 32.7 Å². The number of carbonyl (C=O) groups is 4. The van der Waals surface area contributed by atoms with Crippen molar-refractivity contribution in [3.63, 3.8) is 0 Å². The Morgan fingerprint density at radius 3 is 2.50 bits per heavy atom. The molecule has 0 bridgehead atoms. The summed E-state index contributed by atoms with van der Waals surface area (Å²) in [5.74, 6) is -1.45. The maximum Gasteiger partial charge on any atom is 0.405 e. The molecule has 1 saturated heterocycles. The molecule has 1 aromatic carbocycles. The van der Waals surface area contributed by atoms with E-state index in [1.54, 1.807) is 37.6 Å². The number of ether oxygens (including phenoxy) is 3. The van der Waals surface area contributed by atoms with Crippen LogP contribution < -0.4 is 29.6 Å². The van der Waals surface area contributed by atoms with Gasteiger partial charge in [-0.3, -0.25) is 24.1 Å². The molecule has 60 heavy (non-hydrogen) atoms. The molecule has 4 amide bonds.